The summed E-state index contributed by atoms with van der Waals surface area (Å²) < 4.78 is 62.5. The van der Waals surface area contributed by atoms with Crippen molar-refractivity contribution in [3.05, 3.63) is 23.3 Å². The number of hydrogen-bond acceptors (Lipinski definition) is 4. The number of hydrogen-bond donors (Lipinski definition) is 1. The Morgan fingerprint density at radius 3 is 2.47 bits per heavy atom. The maximum atomic E-state index is 12.5. The van der Waals surface area contributed by atoms with Crippen molar-refractivity contribution in [2.75, 3.05) is 5.75 Å². The van der Waals surface area contributed by atoms with Crippen LogP contribution in [0.2, 0.25) is 0 Å². The highest BCUT2D eigenvalue weighted by atomic mass is 32.2. The summed E-state index contributed by atoms with van der Waals surface area (Å²) in [6, 6.07) is 0.810. The highest BCUT2D eigenvalue weighted by Gasteiger charge is 2.33. The van der Waals surface area contributed by atoms with Crippen LogP contribution in [0.3, 0.4) is 0 Å². The van der Waals surface area contributed by atoms with Crippen LogP contribution >= 0.6 is 0 Å². The average molecular weight is 297 g/mol. The first-order valence-electron chi connectivity index (χ1n) is 5.53. The van der Waals surface area contributed by atoms with Crippen molar-refractivity contribution < 1.29 is 21.6 Å². The zero-order valence-corrected chi connectivity index (χ0v) is 11.3. The van der Waals surface area contributed by atoms with E-state index >= 15 is 0 Å². The second kappa shape index (κ2) is 5.83. The molecule has 0 amide bonds. The van der Waals surface area contributed by atoms with Crippen molar-refractivity contribution in [2.45, 2.75) is 33.0 Å². The Morgan fingerprint density at radius 2 is 1.95 bits per heavy atom. The normalized spacial score (nSPS) is 12.7. The predicted molar refractivity (Wildman–Crippen MR) is 62.7 cm³/mol. The van der Waals surface area contributed by atoms with E-state index in [-0.39, 0.29) is 23.8 Å². The van der Waals surface area contributed by atoms with Crippen LogP contribution in [0.25, 0.3) is 0 Å². The van der Waals surface area contributed by atoms with Gasteiger partial charge in [0.1, 0.15) is 11.5 Å². The molecule has 1 N–H and O–H groups in total. The van der Waals surface area contributed by atoms with Crippen LogP contribution in [0.1, 0.15) is 30.6 Å². The minimum Gasteiger partial charge on any atom is -0.237 e. The van der Waals surface area contributed by atoms with Gasteiger partial charge < -0.3 is 0 Å². The standard InChI is InChI=1S/C10H14F3N3O2S/c1-3-4-19(17,18)14-6-9-15-7(2)5-8(16-9)10(11,12)13/h5,14H,3-4,6H2,1-2H3. The summed E-state index contributed by atoms with van der Waals surface area (Å²) in [6.45, 7) is 2.72. The molecule has 0 aromatic carbocycles. The molecule has 1 aromatic rings. The summed E-state index contributed by atoms with van der Waals surface area (Å²) in [7, 11) is -3.50. The number of aryl methyl sites for hydroxylation is 1. The Morgan fingerprint density at radius 1 is 1.32 bits per heavy atom. The smallest absolute Gasteiger partial charge is 0.237 e. The molecule has 0 saturated heterocycles. The molecule has 1 aromatic heterocycles. The van der Waals surface area contributed by atoms with Crippen LogP contribution in [0.15, 0.2) is 6.07 Å². The summed E-state index contributed by atoms with van der Waals surface area (Å²) >= 11 is 0. The van der Waals surface area contributed by atoms with Gasteiger partial charge in [-0.15, -0.1) is 0 Å². The van der Waals surface area contributed by atoms with Gasteiger partial charge >= 0.3 is 6.18 Å². The quantitative estimate of drug-likeness (QED) is 0.896. The van der Waals surface area contributed by atoms with Crippen molar-refractivity contribution >= 4 is 10.0 Å². The third kappa shape index (κ3) is 5.11. The summed E-state index contributed by atoms with van der Waals surface area (Å²) in [4.78, 5) is 7.08. The number of nitrogens with one attached hydrogen (secondary N) is 1. The van der Waals surface area contributed by atoms with Gasteiger partial charge in [0.15, 0.2) is 0 Å². The van der Waals surface area contributed by atoms with E-state index in [4.69, 9.17) is 0 Å². The first-order chi connectivity index (χ1) is 8.64. The number of aromatic nitrogens is 2. The zero-order chi connectivity index (χ0) is 14.7. The van der Waals surface area contributed by atoms with Gasteiger partial charge in [-0.25, -0.2) is 23.1 Å². The van der Waals surface area contributed by atoms with E-state index in [1.54, 1.807) is 6.92 Å². The lowest BCUT2D eigenvalue weighted by Crippen LogP contribution is -2.27. The highest BCUT2D eigenvalue weighted by molar-refractivity contribution is 7.89. The average Bonchev–Trinajstić information content (AvgIpc) is 2.24. The summed E-state index contributed by atoms with van der Waals surface area (Å²) in [6.07, 6.45) is -4.16. The van der Waals surface area contributed by atoms with Crippen LogP contribution in [0.4, 0.5) is 13.2 Å². The van der Waals surface area contributed by atoms with Crippen molar-refractivity contribution in [2.24, 2.45) is 0 Å². The Balaban J connectivity index is 2.88. The molecule has 0 fully saturated rings. The SMILES string of the molecule is CCCS(=O)(=O)NCc1nc(C)cc(C(F)(F)F)n1. The molecule has 1 heterocycles. The van der Waals surface area contributed by atoms with Crippen molar-refractivity contribution in [1.82, 2.24) is 14.7 Å². The molecule has 0 aliphatic carbocycles. The first kappa shape index (κ1) is 15.8. The van der Waals surface area contributed by atoms with E-state index in [1.165, 1.54) is 6.92 Å². The van der Waals surface area contributed by atoms with Gasteiger partial charge in [-0.1, -0.05) is 6.92 Å². The molecule has 0 spiro atoms. The fourth-order valence-electron chi connectivity index (χ4n) is 1.37. The number of rotatable bonds is 5. The van der Waals surface area contributed by atoms with E-state index < -0.39 is 21.9 Å². The molecule has 0 saturated carbocycles. The number of sulfonamides is 1. The van der Waals surface area contributed by atoms with Gasteiger partial charge in [-0.3, -0.25) is 0 Å². The number of halogens is 3. The molecule has 0 bridgehead atoms. The maximum absolute atomic E-state index is 12.5. The summed E-state index contributed by atoms with van der Waals surface area (Å²) in [5.74, 6) is -0.294. The molecule has 5 nitrogen and oxygen atoms in total. The predicted octanol–water partition coefficient (Wildman–Crippen LogP) is 1.63. The highest BCUT2D eigenvalue weighted by Crippen LogP contribution is 2.27. The lowest BCUT2D eigenvalue weighted by molar-refractivity contribution is -0.141. The molecule has 108 valence electrons. The maximum Gasteiger partial charge on any atom is 0.433 e. The Bertz CT molecular complexity index is 543. The van der Waals surface area contributed by atoms with Gasteiger partial charge in [-0.05, 0) is 19.4 Å². The van der Waals surface area contributed by atoms with Gasteiger partial charge in [0.25, 0.3) is 0 Å². The molecule has 0 aliphatic heterocycles. The molecular weight excluding hydrogens is 283 g/mol. The molecule has 9 heteroatoms. The van der Waals surface area contributed by atoms with Crippen LogP contribution in [0, 0.1) is 6.92 Å². The van der Waals surface area contributed by atoms with E-state index in [2.05, 4.69) is 14.7 Å². The molecule has 1 rings (SSSR count). The largest absolute Gasteiger partial charge is 0.433 e. The third-order valence-electron chi connectivity index (χ3n) is 2.11. The fraction of sp³-hybridized carbons (Fsp3) is 0.600. The van der Waals surface area contributed by atoms with Gasteiger partial charge in [0, 0.05) is 5.69 Å². The van der Waals surface area contributed by atoms with Crippen LogP contribution in [-0.4, -0.2) is 24.1 Å². The molecular formula is C10H14F3N3O2S. The third-order valence-corrected chi connectivity index (χ3v) is 3.64. The van der Waals surface area contributed by atoms with Gasteiger partial charge in [0.2, 0.25) is 10.0 Å². The second-order valence-electron chi connectivity index (χ2n) is 3.95. The summed E-state index contributed by atoms with van der Waals surface area (Å²) in [5, 5.41) is 0. The summed E-state index contributed by atoms with van der Waals surface area (Å²) in [5.41, 5.74) is -0.947. The topological polar surface area (TPSA) is 72.0 Å². The minimum absolute atomic E-state index is 0.0923. The van der Waals surface area contributed by atoms with E-state index in [0.717, 1.165) is 6.07 Å². The molecule has 0 radical (unpaired) electrons. The van der Waals surface area contributed by atoms with E-state index in [9.17, 15) is 21.6 Å². The molecule has 0 aliphatic rings. The fourth-order valence-corrected chi connectivity index (χ4v) is 2.40. The van der Waals surface area contributed by atoms with Crippen LogP contribution in [0.5, 0.6) is 0 Å². The van der Waals surface area contributed by atoms with Crippen molar-refractivity contribution in [3.63, 3.8) is 0 Å². The minimum atomic E-state index is -4.58. The Labute approximate surface area is 109 Å². The van der Waals surface area contributed by atoms with Crippen LogP contribution in [-0.2, 0) is 22.7 Å². The molecule has 19 heavy (non-hydrogen) atoms. The lowest BCUT2D eigenvalue weighted by atomic mass is 10.3. The number of nitrogens with zero attached hydrogens (tertiary/aromatic N) is 2. The van der Waals surface area contributed by atoms with Gasteiger partial charge in [0.05, 0.1) is 12.3 Å². The Kier molecular flexibility index (Phi) is 4.86. The lowest BCUT2D eigenvalue weighted by Gasteiger charge is -2.09. The van der Waals surface area contributed by atoms with Crippen LogP contribution < -0.4 is 4.72 Å². The zero-order valence-electron chi connectivity index (χ0n) is 10.5. The van der Waals surface area contributed by atoms with E-state index in [1.807, 2.05) is 0 Å². The van der Waals surface area contributed by atoms with Crippen molar-refractivity contribution in [3.8, 4) is 0 Å². The Hall–Kier alpha value is -1.22. The van der Waals surface area contributed by atoms with Crippen molar-refractivity contribution in [1.29, 1.82) is 0 Å². The monoisotopic (exact) mass is 297 g/mol. The van der Waals surface area contributed by atoms with Gasteiger partial charge in [-0.2, -0.15) is 13.2 Å². The van der Waals surface area contributed by atoms with E-state index in [0.29, 0.717) is 6.42 Å². The molecule has 0 unspecified atom stereocenters. The molecule has 0 atom stereocenters. The first-order valence-corrected chi connectivity index (χ1v) is 7.18. The second-order valence-corrected chi connectivity index (χ2v) is 5.87. The number of alkyl halides is 3.